The van der Waals surface area contributed by atoms with Gasteiger partial charge < -0.3 is 10.1 Å². The molecule has 0 aliphatic rings. The van der Waals surface area contributed by atoms with Crippen molar-refractivity contribution in [3.8, 4) is 11.4 Å². The molecule has 0 aliphatic carbocycles. The fourth-order valence-electron chi connectivity index (χ4n) is 2.37. The summed E-state index contributed by atoms with van der Waals surface area (Å²) in [6.45, 7) is 2.53. The quantitative estimate of drug-likeness (QED) is 0.784. The molecule has 1 N–H and O–H groups in total. The lowest BCUT2D eigenvalue weighted by Gasteiger charge is -2.10. The van der Waals surface area contributed by atoms with Gasteiger partial charge >= 0.3 is 0 Å². The molecular weight excluding hydrogens is 302 g/mol. The lowest BCUT2D eigenvalue weighted by Crippen LogP contribution is -2.23. The number of hydrogen-bond donors (Lipinski definition) is 1. The highest BCUT2D eigenvalue weighted by atomic mass is 16.5. The Morgan fingerprint density at radius 2 is 1.79 bits per heavy atom. The molecule has 3 aromatic rings. The molecule has 0 saturated carbocycles. The monoisotopic (exact) mass is 321 g/mol. The second-order valence-corrected chi connectivity index (χ2v) is 5.49. The summed E-state index contributed by atoms with van der Waals surface area (Å²) in [5, 5.41) is 3.10. The first-order chi connectivity index (χ1) is 11.7. The van der Waals surface area contributed by atoms with Crippen molar-refractivity contribution < 1.29 is 4.74 Å². The Labute approximate surface area is 140 Å². The molecule has 0 fully saturated rings. The van der Waals surface area contributed by atoms with Crippen LogP contribution in [0.5, 0.6) is 5.75 Å². The van der Waals surface area contributed by atoms with Crippen molar-refractivity contribution in [3.63, 3.8) is 0 Å². The summed E-state index contributed by atoms with van der Waals surface area (Å²) in [5.74, 6) is 1.13. The van der Waals surface area contributed by atoms with Gasteiger partial charge in [0.15, 0.2) is 5.82 Å². The number of nitrogens with zero attached hydrogens (tertiary/aromatic N) is 2. The highest BCUT2D eigenvalue weighted by molar-refractivity contribution is 5.40. The van der Waals surface area contributed by atoms with Gasteiger partial charge in [-0.3, -0.25) is 9.36 Å². The lowest BCUT2D eigenvalue weighted by atomic mass is 10.2. The number of benzene rings is 2. The van der Waals surface area contributed by atoms with E-state index in [0.717, 1.165) is 22.6 Å². The van der Waals surface area contributed by atoms with E-state index in [0.29, 0.717) is 12.4 Å². The van der Waals surface area contributed by atoms with Crippen LogP contribution >= 0.6 is 0 Å². The van der Waals surface area contributed by atoms with E-state index in [1.54, 1.807) is 24.1 Å². The second-order valence-electron chi connectivity index (χ2n) is 5.49. The zero-order chi connectivity index (χ0) is 16.9. The smallest absolute Gasteiger partial charge is 0.297 e. The zero-order valence-electron chi connectivity index (χ0n) is 13.7. The summed E-state index contributed by atoms with van der Waals surface area (Å²) < 4.78 is 6.72. The van der Waals surface area contributed by atoms with Crippen molar-refractivity contribution in [2.45, 2.75) is 13.5 Å². The van der Waals surface area contributed by atoms with E-state index in [2.05, 4.69) is 10.3 Å². The van der Waals surface area contributed by atoms with Gasteiger partial charge in [0, 0.05) is 24.6 Å². The van der Waals surface area contributed by atoms with Gasteiger partial charge in [0.1, 0.15) is 5.75 Å². The third-order valence-corrected chi connectivity index (χ3v) is 3.77. The van der Waals surface area contributed by atoms with Crippen LogP contribution in [0.2, 0.25) is 0 Å². The second kappa shape index (κ2) is 7.00. The van der Waals surface area contributed by atoms with Crippen molar-refractivity contribution in [1.82, 2.24) is 9.55 Å². The largest absolute Gasteiger partial charge is 0.497 e. The van der Waals surface area contributed by atoms with Gasteiger partial charge in [-0.1, -0.05) is 29.8 Å². The third kappa shape index (κ3) is 3.46. The van der Waals surface area contributed by atoms with Gasteiger partial charge in [0.25, 0.3) is 5.56 Å². The van der Waals surface area contributed by atoms with Crippen LogP contribution in [0.15, 0.2) is 65.7 Å². The standard InChI is InChI=1S/C19H19N3O2/c1-14-3-7-16(8-4-14)22-12-11-20-18(19(22)23)21-13-15-5-9-17(24-2)10-6-15/h3-12H,13H2,1-2H3,(H,20,21). The molecule has 24 heavy (non-hydrogen) atoms. The van der Waals surface area contributed by atoms with Crippen LogP contribution in [0.1, 0.15) is 11.1 Å². The topological polar surface area (TPSA) is 56.1 Å². The maximum Gasteiger partial charge on any atom is 0.297 e. The molecule has 0 amide bonds. The number of aryl methyl sites for hydroxylation is 1. The van der Waals surface area contributed by atoms with Crippen LogP contribution in [0.25, 0.3) is 5.69 Å². The van der Waals surface area contributed by atoms with Gasteiger partial charge in [0.2, 0.25) is 0 Å². The number of methoxy groups -OCH3 is 1. The van der Waals surface area contributed by atoms with Gasteiger partial charge in [-0.25, -0.2) is 4.98 Å². The molecule has 0 unspecified atom stereocenters. The number of rotatable bonds is 5. The normalized spacial score (nSPS) is 10.4. The summed E-state index contributed by atoms with van der Waals surface area (Å²) in [6, 6.07) is 15.5. The SMILES string of the molecule is COc1ccc(CNc2nccn(-c3ccc(C)cc3)c2=O)cc1. The number of anilines is 1. The molecule has 0 bridgehead atoms. The minimum atomic E-state index is -0.171. The minimum Gasteiger partial charge on any atom is -0.497 e. The Kier molecular flexibility index (Phi) is 4.61. The summed E-state index contributed by atoms with van der Waals surface area (Å²) >= 11 is 0. The van der Waals surface area contributed by atoms with Gasteiger partial charge in [0.05, 0.1) is 7.11 Å². The molecule has 1 heterocycles. The summed E-state index contributed by atoms with van der Waals surface area (Å²) in [6.07, 6.45) is 3.29. The predicted molar refractivity (Wildman–Crippen MR) is 94.9 cm³/mol. The van der Waals surface area contributed by atoms with Gasteiger partial charge in [-0.2, -0.15) is 0 Å². The summed E-state index contributed by atoms with van der Waals surface area (Å²) in [4.78, 5) is 16.8. The molecule has 2 aromatic carbocycles. The zero-order valence-corrected chi connectivity index (χ0v) is 13.7. The fourth-order valence-corrected chi connectivity index (χ4v) is 2.37. The van der Waals surface area contributed by atoms with Crippen LogP contribution in [0.3, 0.4) is 0 Å². The van der Waals surface area contributed by atoms with Crippen molar-refractivity contribution in [2.24, 2.45) is 0 Å². The fraction of sp³-hybridized carbons (Fsp3) is 0.158. The van der Waals surface area contributed by atoms with Crippen molar-refractivity contribution >= 4 is 5.82 Å². The Bertz CT molecular complexity index is 868. The van der Waals surface area contributed by atoms with Gasteiger partial charge in [-0.05, 0) is 36.8 Å². The molecule has 0 aliphatic heterocycles. The molecule has 1 aromatic heterocycles. The number of nitrogens with one attached hydrogen (secondary N) is 1. The van der Waals surface area contributed by atoms with Crippen LogP contribution in [-0.2, 0) is 6.54 Å². The van der Waals surface area contributed by atoms with Gasteiger partial charge in [-0.15, -0.1) is 0 Å². The molecule has 122 valence electrons. The van der Waals surface area contributed by atoms with E-state index in [1.165, 1.54) is 0 Å². The minimum absolute atomic E-state index is 0.171. The maximum absolute atomic E-state index is 12.6. The predicted octanol–water partition coefficient (Wildman–Crippen LogP) is 3.16. The summed E-state index contributed by atoms with van der Waals surface area (Å²) in [5.41, 5.74) is 2.84. The van der Waals surface area contributed by atoms with E-state index in [1.807, 2.05) is 55.5 Å². The van der Waals surface area contributed by atoms with Crippen molar-refractivity contribution in [2.75, 3.05) is 12.4 Å². The average Bonchev–Trinajstić information content (AvgIpc) is 2.62. The van der Waals surface area contributed by atoms with Crippen molar-refractivity contribution in [3.05, 3.63) is 82.4 Å². The average molecular weight is 321 g/mol. The molecule has 5 nitrogen and oxygen atoms in total. The highest BCUT2D eigenvalue weighted by Crippen LogP contribution is 2.12. The first-order valence-electron chi connectivity index (χ1n) is 7.69. The van der Waals surface area contributed by atoms with Crippen LogP contribution in [0, 0.1) is 6.92 Å². The molecule has 0 radical (unpaired) electrons. The third-order valence-electron chi connectivity index (χ3n) is 3.77. The van der Waals surface area contributed by atoms with Crippen LogP contribution in [0.4, 0.5) is 5.82 Å². The van der Waals surface area contributed by atoms with E-state index in [-0.39, 0.29) is 5.56 Å². The molecule has 0 spiro atoms. The molecule has 0 atom stereocenters. The number of aromatic nitrogens is 2. The highest BCUT2D eigenvalue weighted by Gasteiger charge is 2.06. The molecule has 5 heteroatoms. The molecule has 3 rings (SSSR count). The Morgan fingerprint density at radius 3 is 2.46 bits per heavy atom. The first-order valence-corrected chi connectivity index (χ1v) is 7.69. The number of hydrogen-bond acceptors (Lipinski definition) is 4. The van der Waals surface area contributed by atoms with E-state index >= 15 is 0 Å². The molecule has 0 saturated heterocycles. The Balaban J connectivity index is 1.80. The Hall–Kier alpha value is -3.08. The van der Waals surface area contributed by atoms with E-state index < -0.39 is 0 Å². The molecular formula is C19H19N3O2. The van der Waals surface area contributed by atoms with E-state index in [9.17, 15) is 4.79 Å². The Morgan fingerprint density at radius 1 is 1.08 bits per heavy atom. The van der Waals surface area contributed by atoms with Crippen molar-refractivity contribution in [1.29, 1.82) is 0 Å². The van der Waals surface area contributed by atoms with Crippen LogP contribution in [-0.4, -0.2) is 16.7 Å². The lowest BCUT2D eigenvalue weighted by molar-refractivity contribution is 0.414. The maximum atomic E-state index is 12.6. The van der Waals surface area contributed by atoms with Crippen LogP contribution < -0.4 is 15.6 Å². The van der Waals surface area contributed by atoms with E-state index in [4.69, 9.17) is 4.74 Å². The number of ether oxygens (including phenoxy) is 1. The summed E-state index contributed by atoms with van der Waals surface area (Å²) in [7, 11) is 1.63. The first kappa shape index (κ1) is 15.8.